The molecule has 2 atom stereocenters. The van der Waals surface area contributed by atoms with Crippen LogP contribution in [0, 0.1) is 11.3 Å². The van der Waals surface area contributed by atoms with Crippen molar-refractivity contribution in [1.29, 1.82) is 5.41 Å². The first kappa shape index (κ1) is 26.5. The topological polar surface area (TPSA) is 116 Å². The van der Waals surface area contributed by atoms with Gasteiger partial charge in [-0.05, 0) is 47.4 Å². The summed E-state index contributed by atoms with van der Waals surface area (Å²) in [6.45, 7) is 3.16. The summed E-state index contributed by atoms with van der Waals surface area (Å²) >= 11 is 0. The molecule has 9 heteroatoms. The highest BCUT2D eigenvalue weighted by molar-refractivity contribution is 6.09. The van der Waals surface area contributed by atoms with Gasteiger partial charge in [-0.3, -0.25) is 9.58 Å². The van der Waals surface area contributed by atoms with Crippen LogP contribution in [0.2, 0.25) is 0 Å². The van der Waals surface area contributed by atoms with Gasteiger partial charge >= 0.3 is 5.97 Å². The van der Waals surface area contributed by atoms with Crippen molar-refractivity contribution in [2.24, 2.45) is 13.0 Å². The Hall–Kier alpha value is -4.76. The van der Waals surface area contributed by atoms with E-state index >= 15 is 0 Å². The zero-order chi connectivity index (χ0) is 28.3. The average molecular weight is 549 g/mol. The number of hydrogen-bond acceptors (Lipinski definition) is 7. The second-order valence-corrected chi connectivity index (χ2v) is 10.6. The van der Waals surface area contributed by atoms with Gasteiger partial charge in [-0.1, -0.05) is 53.7 Å². The quantitative estimate of drug-likeness (QED) is 0.197. The number of nitrogens with one attached hydrogen (secondary N) is 2. The Labute approximate surface area is 238 Å². The number of carboxylic acid groups (broad SMARTS) is 1. The first-order valence-electron chi connectivity index (χ1n) is 13.7. The van der Waals surface area contributed by atoms with Crippen LogP contribution in [-0.4, -0.2) is 50.3 Å². The summed E-state index contributed by atoms with van der Waals surface area (Å²) in [6.07, 6.45) is 3.52. The summed E-state index contributed by atoms with van der Waals surface area (Å²) in [6, 6.07) is 24.7. The van der Waals surface area contributed by atoms with Gasteiger partial charge < -0.3 is 20.6 Å². The van der Waals surface area contributed by atoms with Gasteiger partial charge in [0.25, 0.3) is 0 Å². The molecule has 3 aromatic carbocycles. The number of aliphatic carboxylic acids is 1. The summed E-state index contributed by atoms with van der Waals surface area (Å²) in [5.41, 5.74) is 6.60. The van der Waals surface area contributed by atoms with Crippen LogP contribution >= 0.6 is 0 Å². The van der Waals surface area contributed by atoms with Gasteiger partial charge in [0.05, 0.1) is 11.3 Å². The first-order chi connectivity index (χ1) is 20.0. The molecule has 0 saturated heterocycles. The van der Waals surface area contributed by atoms with Crippen LogP contribution in [0.25, 0.3) is 11.1 Å². The Kier molecular flexibility index (Phi) is 7.35. The van der Waals surface area contributed by atoms with E-state index in [9.17, 15) is 9.90 Å². The zero-order valence-corrected chi connectivity index (χ0v) is 22.8. The number of para-hydroxylation sites is 1. The fraction of sp³-hybridized carbons (Fsp3) is 0.250. The van der Waals surface area contributed by atoms with Crippen molar-refractivity contribution >= 4 is 17.9 Å². The second kappa shape index (κ2) is 11.4. The zero-order valence-electron chi connectivity index (χ0n) is 22.8. The highest BCUT2D eigenvalue weighted by atomic mass is 16.5. The lowest BCUT2D eigenvalue weighted by molar-refractivity contribution is -0.132. The molecule has 1 aromatic heterocycles. The van der Waals surface area contributed by atoms with Gasteiger partial charge in [-0.15, -0.1) is 5.10 Å². The molecule has 1 unspecified atom stereocenters. The number of fused-ring (bicyclic) bond motifs is 1. The molecule has 1 aliphatic heterocycles. The van der Waals surface area contributed by atoms with Crippen molar-refractivity contribution in [2.45, 2.75) is 25.4 Å². The molecule has 208 valence electrons. The number of carbonyl (C=O) groups is 1. The number of rotatable bonds is 9. The normalized spacial score (nSPS) is 18.9. The molecule has 1 fully saturated rings. The van der Waals surface area contributed by atoms with E-state index in [1.165, 1.54) is 11.1 Å². The Morgan fingerprint density at radius 3 is 2.71 bits per heavy atom. The third kappa shape index (κ3) is 5.90. The fourth-order valence-corrected chi connectivity index (χ4v) is 5.54. The van der Waals surface area contributed by atoms with E-state index in [1.807, 2.05) is 43.6 Å². The minimum atomic E-state index is -1.13. The largest absolute Gasteiger partial charge is 0.492 e. The highest BCUT2D eigenvalue weighted by Gasteiger charge is 2.44. The van der Waals surface area contributed by atoms with Crippen LogP contribution in [0.4, 0.5) is 5.69 Å². The van der Waals surface area contributed by atoms with Gasteiger partial charge in [-0.2, -0.15) is 0 Å². The molecule has 41 heavy (non-hydrogen) atoms. The maximum Gasteiger partial charge on any atom is 0.339 e. The number of benzene rings is 3. The summed E-state index contributed by atoms with van der Waals surface area (Å²) in [5, 5.41) is 29.2. The Morgan fingerprint density at radius 2 is 1.93 bits per heavy atom. The Bertz CT molecular complexity index is 1630. The number of nitrogens with zero attached hydrogens (tertiary/aromatic N) is 4. The van der Waals surface area contributed by atoms with Crippen LogP contribution in [0.15, 0.2) is 90.3 Å². The van der Waals surface area contributed by atoms with Crippen molar-refractivity contribution in [3.05, 3.63) is 107 Å². The van der Waals surface area contributed by atoms with Crippen molar-refractivity contribution in [3.8, 4) is 16.9 Å². The summed E-state index contributed by atoms with van der Waals surface area (Å²) in [4.78, 5) is 14.4. The molecule has 3 N–H and O–H groups in total. The minimum Gasteiger partial charge on any atom is -0.492 e. The van der Waals surface area contributed by atoms with Crippen molar-refractivity contribution in [2.75, 3.05) is 18.5 Å². The number of allylic oxidation sites excluding steroid dienone is 1. The van der Waals surface area contributed by atoms with E-state index in [-0.39, 0.29) is 17.4 Å². The lowest BCUT2D eigenvalue weighted by atomic mass is 10.0. The van der Waals surface area contributed by atoms with Gasteiger partial charge in [0.2, 0.25) is 0 Å². The van der Waals surface area contributed by atoms with E-state index in [2.05, 4.69) is 63.0 Å². The molecule has 4 aromatic rings. The van der Waals surface area contributed by atoms with E-state index in [4.69, 9.17) is 10.1 Å². The predicted octanol–water partition coefficient (Wildman–Crippen LogP) is 5.08. The third-order valence-electron chi connectivity index (χ3n) is 7.67. The molecule has 2 aliphatic rings. The van der Waals surface area contributed by atoms with Crippen LogP contribution in [0.5, 0.6) is 5.75 Å². The maximum atomic E-state index is 12.0. The smallest absolute Gasteiger partial charge is 0.339 e. The maximum absolute atomic E-state index is 12.0. The molecule has 6 rings (SSSR count). The number of aromatic nitrogens is 3. The van der Waals surface area contributed by atoms with Gasteiger partial charge in [-0.25, -0.2) is 4.79 Å². The summed E-state index contributed by atoms with van der Waals surface area (Å²) in [5.74, 6) is -0.173. The second-order valence-electron chi connectivity index (χ2n) is 10.6. The number of ether oxygens (including phenoxy) is 1. The number of carboxylic acids is 1. The first-order valence-corrected chi connectivity index (χ1v) is 13.7. The van der Waals surface area contributed by atoms with Crippen LogP contribution in [0.3, 0.4) is 0 Å². The number of hydrogen-bond donors (Lipinski definition) is 3. The minimum absolute atomic E-state index is 0.0446. The standard InChI is InChI=1S/C32H32N6O3/c1-37-20-29(35-36-37)26-16-27(26)31(28(17-33)32(39)40)34-25-10-5-9-23(15-25)22-8-4-6-21(14-22)18-38-12-13-41-30-11-3-2-7-24(30)19-38/h2-11,14-15,17,20,26-27,33-34H,12-13,16,18-19H2,1H3,(H,39,40)/b31-28+,33-17?/t26-,27?/m0/s1. The van der Waals surface area contributed by atoms with E-state index in [0.717, 1.165) is 60.5 Å². The highest BCUT2D eigenvalue weighted by Crippen LogP contribution is 2.51. The van der Waals surface area contributed by atoms with Crippen LogP contribution in [0.1, 0.15) is 29.2 Å². The van der Waals surface area contributed by atoms with Gasteiger partial charge in [0, 0.05) is 67.9 Å². The molecule has 0 amide bonds. The van der Waals surface area contributed by atoms with Crippen molar-refractivity contribution < 1.29 is 14.6 Å². The van der Waals surface area contributed by atoms with Crippen molar-refractivity contribution in [3.63, 3.8) is 0 Å². The summed E-state index contributed by atoms with van der Waals surface area (Å²) in [7, 11) is 1.81. The lowest BCUT2D eigenvalue weighted by Gasteiger charge is -2.20. The number of anilines is 1. The molecule has 9 nitrogen and oxygen atoms in total. The molecule has 1 aliphatic carbocycles. The van der Waals surface area contributed by atoms with Crippen LogP contribution < -0.4 is 10.1 Å². The predicted molar refractivity (Wildman–Crippen MR) is 157 cm³/mol. The fourth-order valence-electron chi connectivity index (χ4n) is 5.54. The lowest BCUT2D eigenvalue weighted by Crippen LogP contribution is -2.25. The Morgan fingerprint density at radius 1 is 1.12 bits per heavy atom. The van der Waals surface area contributed by atoms with Crippen LogP contribution in [-0.2, 0) is 24.9 Å². The van der Waals surface area contributed by atoms with E-state index in [0.29, 0.717) is 12.3 Å². The molecule has 0 radical (unpaired) electrons. The number of aryl methyl sites for hydroxylation is 1. The SMILES string of the molecule is Cn1cc([C@H]2CC2/C(Nc2cccc(-c3cccc(CN4CCOc5ccccc5C4)c3)c2)=C(/C=N)C(=O)O)nn1. The molecular weight excluding hydrogens is 516 g/mol. The average Bonchev–Trinajstić information content (AvgIpc) is 3.70. The molecule has 0 spiro atoms. The van der Waals surface area contributed by atoms with Gasteiger partial charge in [0.1, 0.15) is 12.4 Å². The molecular formula is C32H32N6O3. The Balaban J connectivity index is 1.22. The van der Waals surface area contributed by atoms with E-state index < -0.39 is 5.97 Å². The monoisotopic (exact) mass is 548 g/mol. The van der Waals surface area contributed by atoms with E-state index in [1.54, 1.807) is 4.68 Å². The molecule has 1 saturated carbocycles. The summed E-state index contributed by atoms with van der Waals surface area (Å²) < 4.78 is 7.58. The third-order valence-corrected chi connectivity index (χ3v) is 7.67. The molecule has 0 bridgehead atoms. The molecule has 2 heterocycles. The van der Waals surface area contributed by atoms with Crippen molar-refractivity contribution in [1.82, 2.24) is 19.9 Å². The van der Waals surface area contributed by atoms with Gasteiger partial charge in [0.15, 0.2) is 0 Å².